The van der Waals surface area contributed by atoms with Gasteiger partial charge < -0.3 is 4.90 Å². The Hall–Kier alpha value is -5.36. The van der Waals surface area contributed by atoms with E-state index in [1.54, 1.807) is 5.57 Å². The van der Waals surface area contributed by atoms with E-state index in [0.717, 1.165) is 18.4 Å². The van der Waals surface area contributed by atoms with E-state index in [1.807, 2.05) is 11.3 Å². The summed E-state index contributed by atoms with van der Waals surface area (Å²) in [5.41, 5.74) is 25.4. The predicted octanol–water partition coefficient (Wildman–Crippen LogP) is 13.0. The first-order valence-corrected chi connectivity index (χ1v) is 18.6. The SMILES string of the molecule is CC1(C)C2=C(C=C(N(c3ccc4c(c3)-c3ccccc3C4(C)C)c3ccccc3C3=C=C=Cc4c3sc3ccccc43)CC2)c2ccccc21. The molecule has 0 radical (unpaired) electrons. The summed E-state index contributed by atoms with van der Waals surface area (Å²) >= 11 is 1.86. The van der Waals surface area contributed by atoms with Crippen LogP contribution in [0.4, 0.5) is 11.4 Å². The zero-order valence-electron chi connectivity index (χ0n) is 28.9. The molecule has 0 unspecified atom stereocenters. The standard InChI is InChI=1S/C48H37NS/c1-47(2)40-20-9-5-14-32(40)38-28-30(24-26-42(38)47)49(31-25-27-43-39(29-31)33-15-6-10-21-41(33)48(43,3)4)44-22-11-7-16-34(44)36-18-13-19-37-35-17-8-12-23-45(35)50-46(36)37/h5-12,14-17,19-24,26,28-29H,25,27H2,1-4H3. The van der Waals surface area contributed by atoms with E-state index in [2.05, 4.69) is 171 Å². The van der Waals surface area contributed by atoms with E-state index in [4.69, 9.17) is 0 Å². The number of thiophene rings is 1. The monoisotopic (exact) mass is 659 g/mol. The zero-order chi connectivity index (χ0) is 33.8. The summed E-state index contributed by atoms with van der Waals surface area (Å²) in [6.07, 6.45) is 6.61. The topological polar surface area (TPSA) is 3.24 Å². The summed E-state index contributed by atoms with van der Waals surface area (Å²) in [5, 5.41) is 1.28. The molecule has 6 aromatic rings. The highest BCUT2D eigenvalue weighted by molar-refractivity contribution is 7.20. The molecule has 0 saturated heterocycles. The second-order valence-corrected chi connectivity index (χ2v) is 16.1. The number of benzene rings is 5. The fourth-order valence-electron chi connectivity index (χ4n) is 9.21. The van der Waals surface area contributed by atoms with Crippen LogP contribution in [0.25, 0.3) is 38.4 Å². The van der Waals surface area contributed by atoms with Gasteiger partial charge in [-0.15, -0.1) is 11.3 Å². The van der Waals surface area contributed by atoms with Crippen molar-refractivity contribution in [3.8, 4) is 11.1 Å². The molecular weight excluding hydrogens is 623 g/mol. The van der Waals surface area contributed by atoms with Crippen molar-refractivity contribution in [2.24, 2.45) is 0 Å². The summed E-state index contributed by atoms with van der Waals surface area (Å²) in [4.78, 5) is 3.82. The number of rotatable bonds is 4. The Morgan fingerprint density at radius 1 is 0.640 bits per heavy atom. The Labute approximate surface area is 298 Å². The molecule has 2 heteroatoms. The smallest absolute Gasteiger partial charge is 0.0543 e. The van der Waals surface area contributed by atoms with E-state index >= 15 is 0 Å². The number of anilines is 2. The Bertz CT molecular complexity index is 2620. The van der Waals surface area contributed by atoms with Gasteiger partial charge in [-0.3, -0.25) is 0 Å². The lowest BCUT2D eigenvalue weighted by Crippen LogP contribution is -2.23. The summed E-state index contributed by atoms with van der Waals surface area (Å²) < 4.78 is 1.29. The molecule has 0 amide bonds. The average Bonchev–Trinajstić information content (AvgIpc) is 3.72. The van der Waals surface area contributed by atoms with Crippen LogP contribution in [0.5, 0.6) is 0 Å². The normalized spacial score (nSPS) is 17.1. The molecule has 50 heavy (non-hydrogen) atoms. The molecule has 4 aliphatic rings. The predicted molar refractivity (Wildman–Crippen MR) is 212 cm³/mol. The Kier molecular flexibility index (Phi) is 6.25. The van der Waals surface area contributed by atoms with Gasteiger partial charge in [0.1, 0.15) is 0 Å². The minimum absolute atomic E-state index is 0.0289. The highest BCUT2D eigenvalue weighted by Gasteiger charge is 2.40. The van der Waals surface area contributed by atoms with Crippen molar-refractivity contribution in [3.63, 3.8) is 0 Å². The number of para-hydroxylation sites is 1. The highest BCUT2D eigenvalue weighted by atomic mass is 32.1. The van der Waals surface area contributed by atoms with Crippen LogP contribution >= 0.6 is 11.3 Å². The number of fused-ring (bicyclic) bond motifs is 8. The Balaban J connectivity index is 1.21. The lowest BCUT2D eigenvalue weighted by atomic mass is 9.78. The minimum atomic E-state index is -0.0439. The fraction of sp³-hybridized carbons (Fsp3) is 0.167. The third-order valence-corrected chi connectivity index (χ3v) is 12.9. The minimum Gasteiger partial charge on any atom is -0.314 e. The molecular formula is C48H37NS. The van der Waals surface area contributed by atoms with E-state index in [0.29, 0.717) is 0 Å². The lowest BCUT2D eigenvalue weighted by molar-refractivity contribution is 0.602. The maximum absolute atomic E-state index is 3.59. The number of allylic oxidation sites excluding steroid dienone is 4. The van der Waals surface area contributed by atoms with E-state index < -0.39 is 0 Å². The molecule has 0 saturated carbocycles. The van der Waals surface area contributed by atoms with Crippen LogP contribution in [-0.2, 0) is 10.8 Å². The summed E-state index contributed by atoms with van der Waals surface area (Å²) in [6.45, 7) is 9.52. The molecule has 240 valence electrons. The van der Waals surface area contributed by atoms with Crippen LogP contribution in [0.2, 0.25) is 0 Å². The van der Waals surface area contributed by atoms with Crippen LogP contribution in [0.15, 0.2) is 144 Å². The number of nitrogens with zero attached hydrogens (tertiary/aromatic N) is 1. The third kappa shape index (κ3) is 4.08. The van der Waals surface area contributed by atoms with Crippen LogP contribution in [-0.4, -0.2) is 0 Å². The van der Waals surface area contributed by atoms with Gasteiger partial charge in [0.25, 0.3) is 0 Å². The largest absolute Gasteiger partial charge is 0.314 e. The quantitative estimate of drug-likeness (QED) is 0.170. The van der Waals surface area contributed by atoms with Gasteiger partial charge in [0, 0.05) is 43.4 Å². The Morgan fingerprint density at radius 2 is 1.32 bits per heavy atom. The van der Waals surface area contributed by atoms with Gasteiger partial charge in [0.15, 0.2) is 0 Å². The van der Waals surface area contributed by atoms with Crippen LogP contribution < -0.4 is 4.90 Å². The second-order valence-electron chi connectivity index (χ2n) is 15.1. The first kappa shape index (κ1) is 29.5. The van der Waals surface area contributed by atoms with Gasteiger partial charge in [-0.2, -0.15) is 0 Å². The van der Waals surface area contributed by atoms with Gasteiger partial charge in [-0.1, -0.05) is 136 Å². The molecule has 0 aliphatic heterocycles. The van der Waals surface area contributed by atoms with E-state index in [1.165, 1.54) is 82.1 Å². The van der Waals surface area contributed by atoms with Gasteiger partial charge in [-0.25, -0.2) is 0 Å². The highest BCUT2D eigenvalue weighted by Crippen LogP contribution is 2.54. The van der Waals surface area contributed by atoms with Gasteiger partial charge in [-0.05, 0) is 88.2 Å². The van der Waals surface area contributed by atoms with Crippen molar-refractivity contribution in [2.75, 3.05) is 4.90 Å². The maximum atomic E-state index is 3.59. The van der Waals surface area contributed by atoms with E-state index in [9.17, 15) is 0 Å². The van der Waals surface area contributed by atoms with Crippen molar-refractivity contribution in [1.29, 1.82) is 0 Å². The molecule has 0 fully saturated rings. The molecule has 1 heterocycles. The molecule has 0 spiro atoms. The molecule has 5 aromatic carbocycles. The summed E-state index contributed by atoms with van der Waals surface area (Å²) in [7, 11) is 0. The van der Waals surface area contributed by atoms with Crippen molar-refractivity contribution < 1.29 is 0 Å². The number of hydrogen-bond donors (Lipinski definition) is 0. The molecule has 10 rings (SSSR count). The average molecular weight is 660 g/mol. The molecule has 0 atom stereocenters. The van der Waals surface area contributed by atoms with Crippen molar-refractivity contribution in [2.45, 2.75) is 51.4 Å². The maximum Gasteiger partial charge on any atom is 0.0543 e. The molecule has 1 aromatic heterocycles. The summed E-state index contributed by atoms with van der Waals surface area (Å²) in [5.74, 6) is 0. The van der Waals surface area contributed by atoms with E-state index in [-0.39, 0.29) is 10.8 Å². The third-order valence-electron chi connectivity index (χ3n) is 11.7. The molecule has 1 nitrogen and oxygen atoms in total. The first-order valence-electron chi connectivity index (χ1n) is 17.7. The lowest BCUT2D eigenvalue weighted by Gasteiger charge is -2.34. The van der Waals surface area contributed by atoms with Gasteiger partial charge in [0.05, 0.1) is 16.1 Å². The molecule has 0 N–H and O–H groups in total. The summed E-state index contributed by atoms with van der Waals surface area (Å²) in [6, 6.07) is 42.8. The van der Waals surface area contributed by atoms with Gasteiger partial charge >= 0.3 is 0 Å². The van der Waals surface area contributed by atoms with Crippen LogP contribution in [0.1, 0.15) is 78.8 Å². The number of hydrogen-bond acceptors (Lipinski definition) is 2. The molecule has 4 aliphatic carbocycles. The molecule has 0 bridgehead atoms. The van der Waals surface area contributed by atoms with Crippen LogP contribution in [0, 0.1) is 0 Å². The fourth-order valence-corrected chi connectivity index (χ4v) is 10.4. The zero-order valence-corrected chi connectivity index (χ0v) is 29.7. The first-order chi connectivity index (χ1) is 24.3. The second kappa shape index (κ2) is 10.6. The Morgan fingerprint density at radius 3 is 2.16 bits per heavy atom. The van der Waals surface area contributed by atoms with Crippen LogP contribution in [0.3, 0.4) is 0 Å². The van der Waals surface area contributed by atoms with Gasteiger partial charge in [0.2, 0.25) is 0 Å². The van der Waals surface area contributed by atoms with Crippen molar-refractivity contribution in [1.82, 2.24) is 0 Å². The van der Waals surface area contributed by atoms with Crippen molar-refractivity contribution in [3.05, 3.63) is 182 Å². The van der Waals surface area contributed by atoms with Crippen molar-refractivity contribution >= 4 is 50.0 Å².